The van der Waals surface area contributed by atoms with Crippen LogP contribution in [0.2, 0.25) is 0 Å². The van der Waals surface area contributed by atoms with Crippen molar-refractivity contribution in [3.05, 3.63) is 0 Å². The van der Waals surface area contributed by atoms with Gasteiger partial charge < -0.3 is 22.4 Å². The molecule has 0 aromatic carbocycles. The van der Waals surface area contributed by atoms with Gasteiger partial charge >= 0.3 is 74.8 Å². The predicted molar refractivity (Wildman–Crippen MR) is 27.4 cm³/mol. The first-order valence-corrected chi connectivity index (χ1v) is 4.59. The van der Waals surface area contributed by atoms with Crippen molar-refractivity contribution in [2.75, 3.05) is 0 Å². The summed E-state index contributed by atoms with van der Waals surface area (Å²) in [6.45, 7) is 0. The molecule has 0 saturated carbocycles. The first-order chi connectivity index (χ1) is 3.71. The molecular formula is H6FeMnNa2O7P2. The first-order valence-electron chi connectivity index (χ1n) is 1.53. The van der Waals surface area contributed by atoms with Crippen molar-refractivity contribution >= 4 is 15.6 Å². The van der Waals surface area contributed by atoms with Crippen LogP contribution in [0.4, 0.5) is 0 Å². The van der Waals surface area contributed by atoms with E-state index in [1.807, 2.05) is 0 Å². The number of hydrogen-bond acceptors (Lipinski definition) is 3. The third-order valence-electron chi connectivity index (χ3n) is 0.213. The summed E-state index contributed by atoms with van der Waals surface area (Å²) in [5.74, 6) is 0. The van der Waals surface area contributed by atoms with Crippen LogP contribution in [0.5, 0.6) is 0 Å². The fourth-order valence-corrected chi connectivity index (χ4v) is 1.25. The summed E-state index contributed by atoms with van der Waals surface area (Å²) in [7, 11) is -10.1. The van der Waals surface area contributed by atoms with Crippen molar-refractivity contribution in [1.82, 2.24) is 0 Å². The van der Waals surface area contributed by atoms with Gasteiger partial charge in [0.15, 0.2) is 0 Å². The maximum atomic E-state index is 9.63. The molecule has 0 atom stereocenters. The molecule has 0 aromatic heterocycles. The van der Waals surface area contributed by atoms with Crippen LogP contribution < -0.4 is 59.1 Å². The second-order valence-corrected chi connectivity index (χ2v) is 3.68. The van der Waals surface area contributed by atoms with Crippen molar-refractivity contribution < 1.29 is 129 Å². The van der Waals surface area contributed by atoms with E-state index in [9.17, 15) is 9.13 Å². The summed E-state index contributed by atoms with van der Waals surface area (Å²) >= 11 is 0. The van der Waals surface area contributed by atoms with Gasteiger partial charge in [0.1, 0.15) is 0 Å². The first kappa shape index (κ1) is 29.9. The third kappa shape index (κ3) is 31.3. The Kier molecular flexibility index (Phi) is 27.1. The minimum atomic E-state index is -5.05. The topological polar surface area (TPSA) is 124 Å². The van der Waals surface area contributed by atoms with Crippen molar-refractivity contribution in [1.29, 1.82) is 0 Å². The van der Waals surface area contributed by atoms with Crippen LogP contribution in [0.3, 0.4) is 0 Å². The molecule has 7 nitrogen and oxygen atoms in total. The van der Waals surface area contributed by atoms with E-state index >= 15 is 0 Å². The van der Waals surface area contributed by atoms with Gasteiger partial charge in [0.25, 0.3) is 0 Å². The molecule has 13 heteroatoms. The molecule has 75 valence electrons. The van der Waals surface area contributed by atoms with Crippen LogP contribution in [0, 0.1) is 0 Å². The van der Waals surface area contributed by atoms with Gasteiger partial charge in [0.05, 0.1) is 0 Å². The average molecular weight is 337 g/mol. The smallest absolute Gasteiger partial charge is 1.00 e. The Morgan fingerprint density at radius 2 is 1.08 bits per heavy atom. The summed E-state index contributed by atoms with van der Waals surface area (Å²) < 4.78 is 22.2. The molecular weight excluding hydrogens is 331 g/mol. The summed E-state index contributed by atoms with van der Waals surface area (Å²) in [6, 6.07) is 0. The second kappa shape index (κ2) is 11.8. The quantitative estimate of drug-likeness (QED) is 0.292. The molecule has 0 rings (SSSR count). The van der Waals surface area contributed by atoms with Crippen LogP contribution in [0.15, 0.2) is 0 Å². The molecule has 0 spiro atoms. The van der Waals surface area contributed by atoms with E-state index in [4.69, 9.17) is 19.6 Å². The van der Waals surface area contributed by atoms with Crippen LogP contribution >= 0.6 is 15.6 Å². The molecule has 0 heterocycles. The number of hydrogen-bond donors (Lipinski definition) is 4. The average Bonchev–Trinajstić information content (AvgIpc) is 1.14. The van der Waals surface area contributed by atoms with E-state index in [1.54, 1.807) is 0 Å². The van der Waals surface area contributed by atoms with Crippen molar-refractivity contribution in [3.63, 3.8) is 0 Å². The Morgan fingerprint density at radius 1 is 0.923 bits per heavy atom. The third-order valence-corrected chi connectivity index (χ3v) is 1.91. The molecule has 0 aliphatic rings. The largest absolute Gasteiger partial charge is 1.00 e. The Morgan fingerprint density at radius 3 is 1.08 bits per heavy atom. The molecule has 1 radical (unpaired) electrons. The van der Waals surface area contributed by atoms with Crippen molar-refractivity contribution in [2.45, 2.75) is 0 Å². The molecule has 13 heavy (non-hydrogen) atoms. The van der Waals surface area contributed by atoms with E-state index < -0.39 is 15.6 Å². The summed E-state index contributed by atoms with van der Waals surface area (Å²) in [5, 5.41) is 0. The second-order valence-electron chi connectivity index (χ2n) is 1.06. The Bertz CT molecular complexity index is 173. The minimum Gasteiger partial charge on any atom is -1.00 e. The Hall–Kier alpha value is 3.30. The summed E-state index contributed by atoms with van der Waals surface area (Å²) in [5.41, 5.74) is 0. The molecule has 4 N–H and O–H groups in total. The molecule has 0 aliphatic carbocycles. The van der Waals surface area contributed by atoms with E-state index in [-0.39, 0.29) is 96.1 Å². The standard InChI is InChI=1S/Fe.Mn.2Na.H4O7P2.2H/c;;;;1-8(2,3)7-9(4,5)6;;/h;;;;(H2,1,2,3)(H2,4,5,6);;/q;;2*+1;;2*-1. The Balaban J connectivity index is -0.0000000213. The van der Waals surface area contributed by atoms with Crippen LogP contribution in [0.1, 0.15) is 2.85 Å². The van der Waals surface area contributed by atoms with Crippen LogP contribution in [-0.4, -0.2) is 19.6 Å². The molecule has 0 unspecified atom stereocenters. The number of phosphoric acid groups is 2. The number of rotatable bonds is 2. The SMILES string of the molecule is O=P(O)(O)OP(=O)(O)O.[Fe].[H-].[H-].[Mn].[Na+].[Na+]. The van der Waals surface area contributed by atoms with Crippen molar-refractivity contribution in [2.24, 2.45) is 0 Å². The predicted octanol–water partition coefficient (Wildman–Crippen LogP) is -6.58. The van der Waals surface area contributed by atoms with Gasteiger partial charge in [-0.25, -0.2) is 9.13 Å². The van der Waals surface area contributed by atoms with Gasteiger partial charge in [0.2, 0.25) is 0 Å². The molecule has 0 aromatic rings. The van der Waals surface area contributed by atoms with Gasteiger partial charge in [-0.15, -0.1) is 0 Å². The van der Waals surface area contributed by atoms with Gasteiger partial charge in [-0.05, 0) is 0 Å². The van der Waals surface area contributed by atoms with E-state index in [0.29, 0.717) is 0 Å². The van der Waals surface area contributed by atoms with E-state index in [2.05, 4.69) is 4.31 Å². The van der Waals surface area contributed by atoms with Gasteiger partial charge in [0, 0.05) is 34.1 Å². The Labute approximate surface area is 143 Å². The zero-order valence-electron chi connectivity index (χ0n) is 8.64. The summed E-state index contributed by atoms with van der Waals surface area (Å²) in [4.78, 5) is 31.0. The molecule has 0 bridgehead atoms. The molecule has 0 saturated heterocycles. The van der Waals surface area contributed by atoms with Crippen LogP contribution in [-0.2, 0) is 47.6 Å². The van der Waals surface area contributed by atoms with Gasteiger partial charge in [-0.3, -0.25) is 0 Å². The fraction of sp³-hybridized carbons (Fsp3) is 0. The van der Waals surface area contributed by atoms with Gasteiger partial charge in [-0.1, -0.05) is 0 Å². The summed E-state index contributed by atoms with van der Waals surface area (Å²) in [6.07, 6.45) is 0. The van der Waals surface area contributed by atoms with Crippen LogP contribution in [0.25, 0.3) is 0 Å². The van der Waals surface area contributed by atoms with E-state index in [0.717, 1.165) is 0 Å². The monoisotopic (exact) mass is 337 g/mol. The zero-order valence-corrected chi connectivity index (χ0v) is 14.7. The maximum absolute atomic E-state index is 9.63. The minimum absolute atomic E-state index is 0. The maximum Gasteiger partial charge on any atom is 1.00 e. The van der Waals surface area contributed by atoms with Crippen molar-refractivity contribution in [3.8, 4) is 0 Å². The van der Waals surface area contributed by atoms with Gasteiger partial charge in [-0.2, -0.15) is 4.31 Å². The molecule has 0 amide bonds. The molecule has 0 aliphatic heterocycles. The van der Waals surface area contributed by atoms with E-state index in [1.165, 1.54) is 0 Å². The molecule has 0 fully saturated rings. The normalized spacial score (nSPS) is 9.54. The zero-order chi connectivity index (χ0) is 7.71. The fourth-order valence-electron chi connectivity index (χ4n) is 0.139.